The third-order valence-electron chi connectivity index (χ3n) is 3.38. The van der Waals surface area contributed by atoms with Crippen LogP contribution in [0.5, 0.6) is 11.5 Å². The lowest BCUT2D eigenvalue weighted by atomic mass is 10.3. The van der Waals surface area contributed by atoms with Crippen molar-refractivity contribution in [2.45, 2.75) is 0 Å². The van der Waals surface area contributed by atoms with Crippen LogP contribution in [0.15, 0.2) is 78.9 Å². The maximum absolute atomic E-state index is 5.79. The lowest BCUT2D eigenvalue weighted by molar-refractivity contribution is 0.483. The molecule has 4 rings (SSSR count). The summed E-state index contributed by atoms with van der Waals surface area (Å²) in [7, 11) is 0. The molecule has 1 N–H and O–H groups in total. The van der Waals surface area contributed by atoms with Crippen LogP contribution in [0.2, 0.25) is 0 Å². The molecular formula is C19H14N2OS. The van der Waals surface area contributed by atoms with E-state index >= 15 is 0 Å². The normalized spacial score (nSPS) is 10.6. The van der Waals surface area contributed by atoms with E-state index in [9.17, 15) is 0 Å². The van der Waals surface area contributed by atoms with E-state index in [4.69, 9.17) is 4.74 Å². The molecule has 0 aliphatic rings. The molecule has 0 unspecified atom stereocenters. The molecule has 0 saturated heterocycles. The first kappa shape index (κ1) is 13.8. The molecule has 4 aromatic rings. The molecule has 0 fully saturated rings. The zero-order valence-corrected chi connectivity index (χ0v) is 13.1. The van der Waals surface area contributed by atoms with Crippen LogP contribution in [-0.2, 0) is 0 Å². The van der Waals surface area contributed by atoms with E-state index < -0.39 is 0 Å². The van der Waals surface area contributed by atoms with Gasteiger partial charge in [-0.25, -0.2) is 4.98 Å². The topological polar surface area (TPSA) is 34.1 Å². The minimum atomic E-state index is 0.811. The van der Waals surface area contributed by atoms with Gasteiger partial charge in [-0.2, -0.15) is 0 Å². The third-order valence-corrected chi connectivity index (χ3v) is 4.33. The van der Waals surface area contributed by atoms with Gasteiger partial charge in [-0.3, -0.25) is 0 Å². The Morgan fingerprint density at radius 2 is 1.43 bits per heavy atom. The van der Waals surface area contributed by atoms with Crippen molar-refractivity contribution in [3.63, 3.8) is 0 Å². The molecule has 0 amide bonds. The minimum absolute atomic E-state index is 0.811. The molecule has 0 spiro atoms. The quantitative estimate of drug-likeness (QED) is 0.514. The number of ether oxygens (including phenoxy) is 1. The second kappa shape index (κ2) is 6.10. The molecule has 3 nitrogen and oxygen atoms in total. The fourth-order valence-corrected chi connectivity index (χ4v) is 3.17. The van der Waals surface area contributed by atoms with Crippen LogP contribution in [0.3, 0.4) is 0 Å². The van der Waals surface area contributed by atoms with Crippen LogP contribution in [0.4, 0.5) is 10.8 Å². The van der Waals surface area contributed by atoms with Gasteiger partial charge in [0.25, 0.3) is 0 Å². The molecule has 0 saturated carbocycles. The SMILES string of the molecule is c1ccc(Oc2ccc(Nc3nc4ccccc4s3)cc2)cc1. The standard InChI is InChI=1S/C19H14N2OS/c1-2-6-15(7-3-1)22-16-12-10-14(11-13-16)20-19-21-17-8-4-5-9-18(17)23-19/h1-13H,(H,20,21). The summed E-state index contributed by atoms with van der Waals surface area (Å²) in [6.07, 6.45) is 0. The highest BCUT2D eigenvalue weighted by atomic mass is 32.1. The summed E-state index contributed by atoms with van der Waals surface area (Å²) in [5, 5.41) is 4.23. The molecule has 0 radical (unpaired) electrons. The smallest absolute Gasteiger partial charge is 0.188 e. The van der Waals surface area contributed by atoms with E-state index in [0.29, 0.717) is 0 Å². The Kier molecular flexibility index (Phi) is 3.66. The number of nitrogens with zero attached hydrogens (tertiary/aromatic N) is 1. The van der Waals surface area contributed by atoms with Crippen molar-refractivity contribution in [1.29, 1.82) is 0 Å². The van der Waals surface area contributed by atoms with Crippen molar-refractivity contribution in [2.75, 3.05) is 5.32 Å². The van der Waals surface area contributed by atoms with Gasteiger partial charge in [0.1, 0.15) is 11.5 Å². The highest BCUT2D eigenvalue weighted by molar-refractivity contribution is 7.22. The lowest BCUT2D eigenvalue weighted by Gasteiger charge is -2.07. The van der Waals surface area contributed by atoms with Gasteiger partial charge in [0.2, 0.25) is 0 Å². The summed E-state index contributed by atoms with van der Waals surface area (Å²) >= 11 is 1.65. The van der Waals surface area contributed by atoms with Crippen LogP contribution in [0, 0.1) is 0 Å². The van der Waals surface area contributed by atoms with Gasteiger partial charge in [-0.05, 0) is 48.5 Å². The summed E-state index contributed by atoms with van der Waals surface area (Å²) in [5.74, 6) is 1.64. The van der Waals surface area contributed by atoms with Crippen LogP contribution < -0.4 is 10.1 Å². The number of anilines is 2. The second-order valence-corrected chi connectivity index (χ2v) is 6.08. The molecule has 4 heteroatoms. The fourth-order valence-electron chi connectivity index (χ4n) is 2.28. The molecule has 1 aromatic heterocycles. The number of nitrogens with one attached hydrogen (secondary N) is 1. The zero-order valence-electron chi connectivity index (χ0n) is 12.3. The second-order valence-electron chi connectivity index (χ2n) is 5.05. The highest BCUT2D eigenvalue weighted by Gasteiger charge is 2.03. The fraction of sp³-hybridized carbons (Fsp3) is 0. The van der Waals surface area contributed by atoms with E-state index in [1.807, 2.05) is 72.8 Å². The molecular weight excluding hydrogens is 304 g/mol. The molecule has 0 aliphatic carbocycles. The molecule has 3 aromatic carbocycles. The number of hydrogen-bond acceptors (Lipinski definition) is 4. The van der Waals surface area contributed by atoms with Gasteiger partial charge in [0.15, 0.2) is 5.13 Å². The van der Waals surface area contributed by atoms with Crippen LogP contribution in [0.1, 0.15) is 0 Å². The Morgan fingerprint density at radius 1 is 0.739 bits per heavy atom. The molecule has 0 atom stereocenters. The van der Waals surface area contributed by atoms with Gasteiger partial charge in [0, 0.05) is 5.69 Å². The van der Waals surface area contributed by atoms with Gasteiger partial charge >= 0.3 is 0 Å². The number of fused-ring (bicyclic) bond motifs is 1. The molecule has 23 heavy (non-hydrogen) atoms. The van der Waals surface area contributed by atoms with Gasteiger partial charge in [0.05, 0.1) is 10.2 Å². The summed E-state index contributed by atoms with van der Waals surface area (Å²) in [4.78, 5) is 4.57. The Balaban J connectivity index is 1.49. The first-order valence-electron chi connectivity index (χ1n) is 7.32. The third kappa shape index (κ3) is 3.17. The predicted octanol–water partition coefficient (Wildman–Crippen LogP) is 5.83. The molecule has 0 aliphatic heterocycles. The number of hydrogen-bond donors (Lipinski definition) is 1. The summed E-state index contributed by atoms with van der Waals surface area (Å²) in [6, 6.07) is 25.8. The number of thiazole rings is 1. The van der Waals surface area contributed by atoms with Crippen molar-refractivity contribution in [2.24, 2.45) is 0 Å². The zero-order chi connectivity index (χ0) is 15.5. The van der Waals surface area contributed by atoms with Gasteiger partial charge < -0.3 is 10.1 Å². The minimum Gasteiger partial charge on any atom is -0.457 e. The molecule has 1 heterocycles. The van der Waals surface area contributed by atoms with Crippen LogP contribution in [-0.4, -0.2) is 4.98 Å². The lowest BCUT2D eigenvalue weighted by Crippen LogP contribution is -1.89. The summed E-state index contributed by atoms with van der Waals surface area (Å²) in [6.45, 7) is 0. The van der Waals surface area contributed by atoms with Crippen LogP contribution >= 0.6 is 11.3 Å². The van der Waals surface area contributed by atoms with Gasteiger partial charge in [-0.15, -0.1) is 0 Å². The number of para-hydroxylation sites is 2. The van der Waals surface area contributed by atoms with Crippen molar-refractivity contribution >= 4 is 32.4 Å². The first-order valence-corrected chi connectivity index (χ1v) is 8.14. The molecule has 0 bridgehead atoms. The van der Waals surface area contributed by atoms with Crippen molar-refractivity contribution in [1.82, 2.24) is 4.98 Å². The number of benzene rings is 3. The number of aromatic nitrogens is 1. The average Bonchev–Trinajstić information content (AvgIpc) is 3.00. The predicted molar refractivity (Wildman–Crippen MR) is 95.9 cm³/mol. The van der Waals surface area contributed by atoms with E-state index in [2.05, 4.69) is 16.4 Å². The first-order chi connectivity index (χ1) is 11.4. The van der Waals surface area contributed by atoms with E-state index in [0.717, 1.165) is 27.8 Å². The van der Waals surface area contributed by atoms with Crippen molar-refractivity contribution < 1.29 is 4.74 Å². The Labute approximate surface area is 138 Å². The van der Waals surface area contributed by atoms with Crippen molar-refractivity contribution in [3.8, 4) is 11.5 Å². The van der Waals surface area contributed by atoms with Crippen LogP contribution in [0.25, 0.3) is 10.2 Å². The van der Waals surface area contributed by atoms with E-state index in [-0.39, 0.29) is 0 Å². The molecule has 112 valence electrons. The monoisotopic (exact) mass is 318 g/mol. The highest BCUT2D eigenvalue weighted by Crippen LogP contribution is 2.29. The largest absolute Gasteiger partial charge is 0.457 e. The maximum Gasteiger partial charge on any atom is 0.188 e. The maximum atomic E-state index is 5.79. The Bertz CT molecular complexity index is 884. The van der Waals surface area contributed by atoms with E-state index in [1.165, 1.54) is 4.70 Å². The van der Waals surface area contributed by atoms with E-state index in [1.54, 1.807) is 11.3 Å². The Hall–Kier alpha value is -2.85. The average molecular weight is 318 g/mol. The summed E-state index contributed by atoms with van der Waals surface area (Å²) < 4.78 is 6.97. The Morgan fingerprint density at radius 3 is 2.22 bits per heavy atom. The number of rotatable bonds is 4. The summed E-state index contributed by atoms with van der Waals surface area (Å²) in [5.41, 5.74) is 2.01. The van der Waals surface area contributed by atoms with Crippen molar-refractivity contribution in [3.05, 3.63) is 78.9 Å². The van der Waals surface area contributed by atoms with Gasteiger partial charge in [-0.1, -0.05) is 41.7 Å².